The monoisotopic (exact) mass is 168 g/mol. The molecule has 0 heterocycles. The third kappa shape index (κ3) is 16.1. The first kappa shape index (κ1) is 13.7. The molecule has 1 nitrogen and oxygen atoms in total. The van der Waals surface area contributed by atoms with Crippen LogP contribution < -0.4 is 0 Å². The molecular formula is C11H20O. The molecule has 1 heteroatoms. The topological polar surface area (TPSA) is 9.23 Å². The van der Waals surface area contributed by atoms with Crippen molar-refractivity contribution in [3.63, 3.8) is 0 Å². The van der Waals surface area contributed by atoms with Crippen molar-refractivity contribution in [2.75, 3.05) is 13.7 Å². The summed E-state index contributed by atoms with van der Waals surface area (Å²) in [6.07, 6.45) is 0. The third-order valence-corrected chi connectivity index (χ3v) is 0.955. The highest BCUT2D eigenvalue weighted by Gasteiger charge is 1.57. The van der Waals surface area contributed by atoms with Gasteiger partial charge in [-0.05, 0) is 6.92 Å². The van der Waals surface area contributed by atoms with E-state index in [4.69, 9.17) is 0 Å². The molecule has 0 saturated heterocycles. The van der Waals surface area contributed by atoms with E-state index in [0.717, 1.165) is 6.61 Å². The van der Waals surface area contributed by atoms with Gasteiger partial charge in [-0.1, -0.05) is 50.2 Å². The summed E-state index contributed by atoms with van der Waals surface area (Å²) in [5.74, 6) is 0. The van der Waals surface area contributed by atoms with Crippen molar-refractivity contribution in [3.8, 4) is 0 Å². The van der Waals surface area contributed by atoms with Crippen molar-refractivity contribution < 1.29 is 4.74 Å². The number of methoxy groups -OCH3 is 1. The van der Waals surface area contributed by atoms with Gasteiger partial charge in [-0.3, -0.25) is 0 Å². The summed E-state index contributed by atoms with van der Waals surface area (Å²) >= 11 is 0. The van der Waals surface area contributed by atoms with Crippen LogP contribution in [0.5, 0.6) is 0 Å². The molecule has 0 N–H and O–H groups in total. The molecule has 0 bridgehead atoms. The molecule has 0 aliphatic carbocycles. The number of hydrogen-bond donors (Lipinski definition) is 0. The Morgan fingerprint density at radius 2 is 1.00 bits per heavy atom. The number of hydrogen-bond acceptors (Lipinski definition) is 1. The first-order valence-corrected chi connectivity index (χ1v) is 4.40. The zero-order chi connectivity index (χ0) is 9.66. The van der Waals surface area contributed by atoms with Crippen molar-refractivity contribution in [1.29, 1.82) is 0 Å². The molecule has 0 unspecified atom stereocenters. The lowest BCUT2D eigenvalue weighted by Crippen LogP contribution is -1.73. The van der Waals surface area contributed by atoms with Gasteiger partial charge in [0, 0.05) is 13.7 Å². The molecule has 1 aromatic carbocycles. The Morgan fingerprint density at radius 3 is 1.08 bits per heavy atom. The fourth-order valence-electron chi connectivity index (χ4n) is 0.385. The second-order valence-electron chi connectivity index (χ2n) is 1.73. The maximum Gasteiger partial charge on any atom is 0.0433 e. The minimum absolute atomic E-state index is 0.819. The summed E-state index contributed by atoms with van der Waals surface area (Å²) in [7, 11) is 1.68. The average molecular weight is 168 g/mol. The summed E-state index contributed by atoms with van der Waals surface area (Å²) in [4.78, 5) is 0. The fourth-order valence-corrected chi connectivity index (χ4v) is 0.385. The Kier molecular flexibility index (Phi) is 19.1. The van der Waals surface area contributed by atoms with Crippen LogP contribution in [0, 0.1) is 0 Å². The van der Waals surface area contributed by atoms with Crippen molar-refractivity contribution in [2.24, 2.45) is 0 Å². The van der Waals surface area contributed by atoms with Gasteiger partial charge in [0.25, 0.3) is 0 Å². The minimum atomic E-state index is 0.819. The molecule has 1 aromatic rings. The van der Waals surface area contributed by atoms with Crippen LogP contribution in [0.1, 0.15) is 20.8 Å². The molecule has 0 amide bonds. The van der Waals surface area contributed by atoms with E-state index in [1.165, 1.54) is 0 Å². The van der Waals surface area contributed by atoms with Gasteiger partial charge in [-0.15, -0.1) is 0 Å². The highest BCUT2D eigenvalue weighted by molar-refractivity contribution is 4.99. The van der Waals surface area contributed by atoms with E-state index in [2.05, 4.69) is 4.74 Å². The molecule has 0 atom stereocenters. The highest BCUT2D eigenvalue weighted by atomic mass is 16.5. The number of rotatable bonds is 1. The Hall–Kier alpha value is -0.820. The van der Waals surface area contributed by atoms with Crippen molar-refractivity contribution in [2.45, 2.75) is 20.8 Å². The SMILES string of the molecule is CC.CCOC.c1ccccc1. The summed E-state index contributed by atoms with van der Waals surface area (Å²) < 4.78 is 4.54. The molecule has 0 aromatic heterocycles. The van der Waals surface area contributed by atoms with Gasteiger partial charge in [0.15, 0.2) is 0 Å². The summed E-state index contributed by atoms with van der Waals surface area (Å²) in [6.45, 7) is 6.78. The molecule has 0 fully saturated rings. The van der Waals surface area contributed by atoms with E-state index in [1.54, 1.807) is 7.11 Å². The van der Waals surface area contributed by atoms with Gasteiger partial charge in [0.1, 0.15) is 0 Å². The maximum atomic E-state index is 4.54. The van der Waals surface area contributed by atoms with Gasteiger partial charge < -0.3 is 4.74 Å². The molecule has 0 radical (unpaired) electrons. The van der Waals surface area contributed by atoms with Crippen LogP contribution in [0.3, 0.4) is 0 Å². The van der Waals surface area contributed by atoms with Gasteiger partial charge in [-0.2, -0.15) is 0 Å². The first-order valence-electron chi connectivity index (χ1n) is 4.40. The van der Waals surface area contributed by atoms with Crippen LogP contribution >= 0.6 is 0 Å². The van der Waals surface area contributed by atoms with E-state index < -0.39 is 0 Å². The molecule has 0 aliphatic rings. The predicted octanol–water partition coefficient (Wildman–Crippen LogP) is 3.37. The fraction of sp³-hybridized carbons (Fsp3) is 0.455. The van der Waals surface area contributed by atoms with E-state index >= 15 is 0 Å². The lowest BCUT2D eigenvalue weighted by Gasteiger charge is -1.76. The molecule has 70 valence electrons. The van der Waals surface area contributed by atoms with Gasteiger partial charge in [0.2, 0.25) is 0 Å². The number of ether oxygens (including phenoxy) is 1. The number of benzene rings is 1. The second kappa shape index (κ2) is 16.6. The van der Waals surface area contributed by atoms with Gasteiger partial charge >= 0.3 is 0 Å². The Bertz CT molecular complexity index is 97.0. The largest absolute Gasteiger partial charge is 0.385 e. The van der Waals surface area contributed by atoms with E-state index in [9.17, 15) is 0 Å². The Balaban J connectivity index is 0. The smallest absolute Gasteiger partial charge is 0.0433 e. The quantitative estimate of drug-likeness (QED) is 0.624. The normalized spacial score (nSPS) is 7.00. The van der Waals surface area contributed by atoms with Crippen LogP contribution in [-0.2, 0) is 4.74 Å². The average Bonchev–Trinajstić information content (AvgIpc) is 2.24. The molecule has 0 saturated carbocycles. The summed E-state index contributed by atoms with van der Waals surface area (Å²) in [5.41, 5.74) is 0. The van der Waals surface area contributed by atoms with E-state index in [-0.39, 0.29) is 0 Å². The van der Waals surface area contributed by atoms with E-state index in [1.807, 2.05) is 57.2 Å². The van der Waals surface area contributed by atoms with Gasteiger partial charge in [-0.25, -0.2) is 0 Å². The first-order chi connectivity index (χ1) is 5.91. The van der Waals surface area contributed by atoms with Crippen molar-refractivity contribution in [1.82, 2.24) is 0 Å². The van der Waals surface area contributed by atoms with E-state index in [0.29, 0.717) is 0 Å². The summed E-state index contributed by atoms with van der Waals surface area (Å²) in [5, 5.41) is 0. The lowest BCUT2D eigenvalue weighted by atomic mass is 10.4. The zero-order valence-corrected chi connectivity index (χ0v) is 8.58. The second-order valence-corrected chi connectivity index (χ2v) is 1.73. The molecule has 1 rings (SSSR count). The van der Waals surface area contributed by atoms with Crippen LogP contribution in [0.25, 0.3) is 0 Å². The molecule has 12 heavy (non-hydrogen) atoms. The summed E-state index contributed by atoms with van der Waals surface area (Å²) in [6, 6.07) is 12.0. The minimum Gasteiger partial charge on any atom is -0.385 e. The molecule has 0 spiro atoms. The molecular weight excluding hydrogens is 148 g/mol. The standard InChI is InChI=1S/C6H6.C3H8O.C2H6/c1-2-4-6-5-3-1;1-3-4-2;1-2/h1-6H;3H2,1-2H3;1-2H3. The van der Waals surface area contributed by atoms with Crippen LogP contribution in [0.15, 0.2) is 36.4 Å². The lowest BCUT2D eigenvalue weighted by molar-refractivity contribution is 0.215. The van der Waals surface area contributed by atoms with Crippen LogP contribution in [-0.4, -0.2) is 13.7 Å². The van der Waals surface area contributed by atoms with Crippen molar-refractivity contribution >= 4 is 0 Å². The van der Waals surface area contributed by atoms with Gasteiger partial charge in [0.05, 0.1) is 0 Å². The van der Waals surface area contributed by atoms with Crippen LogP contribution in [0.2, 0.25) is 0 Å². The van der Waals surface area contributed by atoms with Crippen molar-refractivity contribution in [3.05, 3.63) is 36.4 Å². The third-order valence-electron chi connectivity index (χ3n) is 0.955. The molecule has 0 aliphatic heterocycles. The highest BCUT2D eigenvalue weighted by Crippen LogP contribution is 1.79. The zero-order valence-electron chi connectivity index (χ0n) is 8.58. The maximum absolute atomic E-state index is 4.54. The van der Waals surface area contributed by atoms with Crippen LogP contribution in [0.4, 0.5) is 0 Å². The predicted molar refractivity (Wildman–Crippen MR) is 55.3 cm³/mol. The Morgan fingerprint density at radius 1 is 0.833 bits per heavy atom. The Labute approximate surface area is 76.4 Å².